The summed E-state index contributed by atoms with van der Waals surface area (Å²) >= 11 is 7.53. The van der Waals surface area contributed by atoms with Crippen molar-refractivity contribution < 1.29 is 47.6 Å². The lowest BCUT2D eigenvalue weighted by molar-refractivity contribution is -0.205. The quantitative estimate of drug-likeness (QED) is 0.283. The molecular weight excluding hydrogens is 575 g/mol. The highest BCUT2D eigenvalue weighted by Gasteiger charge is 2.48. The van der Waals surface area contributed by atoms with E-state index in [-0.39, 0.29) is 37.0 Å². The summed E-state index contributed by atoms with van der Waals surface area (Å²) in [5.74, 6) is -1.22. The average Bonchev–Trinajstić information content (AvgIpc) is 3.10. The number of hydrogen-bond donors (Lipinski definition) is 4. The van der Waals surface area contributed by atoms with Crippen LogP contribution >= 0.6 is 23.4 Å². The molecule has 9 unspecified atom stereocenters. The highest BCUT2D eigenvalue weighted by Crippen LogP contribution is 2.31. The van der Waals surface area contributed by atoms with E-state index >= 15 is 0 Å². The Hall–Kier alpha value is -1.84. The van der Waals surface area contributed by atoms with Crippen molar-refractivity contribution in [2.45, 2.75) is 99.9 Å². The zero-order valence-corrected chi connectivity index (χ0v) is 24.2. The van der Waals surface area contributed by atoms with E-state index in [0.29, 0.717) is 25.7 Å². The Kier molecular flexibility index (Phi) is 12.1. The highest BCUT2D eigenvalue weighted by molar-refractivity contribution is 7.99. The minimum absolute atomic E-state index is 0.0403. The fourth-order valence-corrected chi connectivity index (χ4v) is 6.00. The number of aryl methyl sites for hydroxylation is 1. The summed E-state index contributed by atoms with van der Waals surface area (Å²) in [6, 6.07) is -1.99. The van der Waals surface area contributed by atoms with Gasteiger partial charge in [-0.05, 0) is 58.1 Å². The van der Waals surface area contributed by atoms with Crippen LogP contribution in [0.15, 0.2) is 13.6 Å². The van der Waals surface area contributed by atoms with Gasteiger partial charge >= 0.3 is 11.9 Å². The largest absolute Gasteiger partial charge is 0.519 e. The second-order valence-electron chi connectivity index (χ2n) is 10.1. The van der Waals surface area contributed by atoms with Gasteiger partial charge in [-0.1, -0.05) is 0 Å². The number of carbonyl (C=O) groups excluding carboxylic acids is 2. The van der Waals surface area contributed by atoms with Crippen molar-refractivity contribution in [3.05, 3.63) is 22.1 Å². The van der Waals surface area contributed by atoms with Gasteiger partial charge < -0.3 is 38.9 Å². The number of carbonyl (C=O) groups is 2. The van der Waals surface area contributed by atoms with Crippen LogP contribution in [0.2, 0.25) is 0 Å². The summed E-state index contributed by atoms with van der Waals surface area (Å²) in [6.07, 6.45) is -2.41. The first-order valence-electron chi connectivity index (χ1n) is 13.2. The Morgan fingerprint density at radius 2 is 1.93 bits per heavy atom. The van der Waals surface area contributed by atoms with Crippen LogP contribution in [0.1, 0.15) is 50.5 Å². The number of halogens is 2. The van der Waals surface area contributed by atoms with Crippen molar-refractivity contribution in [3.8, 4) is 0 Å². The third-order valence-electron chi connectivity index (χ3n) is 7.44. The van der Waals surface area contributed by atoms with Gasteiger partial charge in [0.1, 0.15) is 35.9 Å². The number of rotatable bonds is 10. The van der Waals surface area contributed by atoms with E-state index in [1.165, 1.54) is 11.8 Å². The standard InChI is InChI=1S/C25H38ClFN2O10S/c1-12(26)17(21-19(31)18(30)20(32)23(39-21)40-3)28-22(33)15-7-6-14(5-4-9-27)8-10-29(15)24(34)36-11-16-13(2)37-25(35)38-16/h12,14-15,17-21,23,30-32H,4-11H2,1-3H3,(H,28,33). The van der Waals surface area contributed by atoms with Gasteiger partial charge in [0, 0.05) is 6.54 Å². The Morgan fingerprint density at radius 3 is 2.52 bits per heavy atom. The van der Waals surface area contributed by atoms with E-state index in [9.17, 15) is 34.1 Å². The minimum Gasteiger partial charge on any atom is -0.441 e. The number of likely N-dealkylation sites (tertiary alicyclic amines) is 1. The Morgan fingerprint density at radius 1 is 1.20 bits per heavy atom. The maximum atomic E-state index is 13.7. The molecule has 9 atom stereocenters. The molecule has 40 heavy (non-hydrogen) atoms. The molecule has 2 aliphatic heterocycles. The lowest BCUT2D eigenvalue weighted by Crippen LogP contribution is -2.65. The molecule has 15 heteroatoms. The van der Waals surface area contributed by atoms with E-state index in [0.717, 1.165) is 11.8 Å². The number of hydrogen-bond acceptors (Lipinski definition) is 11. The number of aliphatic hydroxyl groups is 3. The smallest absolute Gasteiger partial charge is 0.441 e. The van der Waals surface area contributed by atoms with Crippen molar-refractivity contribution in [2.75, 3.05) is 19.5 Å². The molecule has 3 rings (SSSR count). The van der Waals surface area contributed by atoms with Crippen molar-refractivity contribution in [1.82, 2.24) is 10.2 Å². The zero-order chi connectivity index (χ0) is 29.6. The number of amides is 2. The number of nitrogens with one attached hydrogen (secondary N) is 1. The predicted molar refractivity (Wildman–Crippen MR) is 143 cm³/mol. The van der Waals surface area contributed by atoms with Gasteiger partial charge in [0.25, 0.3) is 0 Å². The summed E-state index contributed by atoms with van der Waals surface area (Å²) in [4.78, 5) is 39.4. The van der Waals surface area contributed by atoms with Crippen LogP contribution in [-0.4, -0.2) is 99.0 Å². The maximum Gasteiger partial charge on any atom is 0.519 e. The van der Waals surface area contributed by atoms with Crippen LogP contribution in [0.5, 0.6) is 0 Å². The third kappa shape index (κ3) is 7.91. The van der Waals surface area contributed by atoms with Crippen LogP contribution in [0, 0.1) is 12.8 Å². The van der Waals surface area contributed by atoms with Crippen molar-refractivity contribution in [1.29, 1.82) is 0 Å². The summed E-state index contributed by atoms with van der Waals surface area (Å²) in [7, 11) is 0. The fourth-order valence-electron chi connectivity index (χ4n) is 5.12. The second-order valence-corrected chi connectivity index (χ2v) is 11.8. The molecule has 4 N–H and O–H groups in total. The van der Waals surface area contributed by atoms with Crippen LogP contribution in [0.3, 0.4) is 0 Å². The molecule has 2 fully saturated rings. The first-order chi connectivity index (χ1) is 19.0. The van der Waals surface area contributed by atoms with Crippen LogP contribution < -0.4 is 11.1 Å². The molecule has 228 valence electrons. The maximum absolute atomic E-state index is 13.7. The lowest BCUT2D eigenvalue weighted by atomic mass is 9.92. The van der Waals surface area contributed by atoms with Gasteiger partial charge in [0.05, 0.1) is 18.1 Å². The monoisotopic (exact) mass is 612 g/mol. The van der Waals surface area contributed by atoms with Gasteiger partial charge in [-0.2, -0.15) is 0 Å². The van der Waals surface area contributed by atoms with Gasteiger partial charge in [0.2, 0.25) is 5.91 Å². The first-order valence-corrected chi connectivity index (χ1v) is 15.0. The molecule has 1 aromatic rings. The molecule has 0 saturated carbocycles. The number of thioether (sulfide) groups is 1. The summed E-state index contributed by atoms with van der Waals surface area (Å²) in [5.41, 5.74) is -0.870. The normalized spacial score (nSPS) is 30.8. The molecule has 2 saturated heterocycles. The van der Waals surface area contributed by atoms with Gasteiger partial charge in [-0.3, -0.25) is 14.1 Å². The Labute approximate surface area is 240 Å². The summed E-state index contributed by atoms with van der Waals surface area (Å²) < 4.78 is 33.7. The van der Waals surface area contributed by atoms with E-state index in [2.05, 4.69) is 5.32 Å². The van der Waals surface area contributed by atoms with Crippen LogP contribution in [0.4, 0.5) is 9.18 Å². The molecule has 0 spiro atoms. The number of ether oxygens (including phenoxy) is 2. The molecule has 0 aromatic carbocycles. The third-order valence-corrected chi connectivity index (χ3v) is 8.57. The predicted octanol–water partition coefficient (Wildman–Crippen LogP) is 1.68. The number of aliphatic hydroxyl groups excluding tert-OH is 3. The topological polar surface area (TPSA) is 172 Å². The van der Waals surface area contributed by atoms with Gasteiger partial charge in [0.15, 0.2) is 18.1 Å². The summed E-state index contributed by atoms with van der Waals surface area (Å²) in [5, 5.41) is 33.3. The Bertz CT molecular complexity index is 1040. The molecule has 0 bridgehead atoms. The molecule has 2 amide bonds. The molecule has 0 radical (unpaired) electrons. The highest BCUT2D eigenvalue weighted by atomic mass is 35.5. The molecule has 0 aliphatic carbocycles. The minimum atomic E-state index is -1.54. The number of alkyl halides is 2. The van der Waals surface area contributed by atoms with Crippen molar-refractivity contribution in [2.24, 2.45) is 5.92 Å². The Balaban J connectivity index is 1.79. The second kappa shape index (κ2) is 14.9. The SMILES string of the molecule is CSC1OC(C(NC(=O)C2CCC(CCCF)CCN2C(=O)OCc2oc(=O)oc2C)C(C)Cl)C(O)C(O)C1O. The first kappa shape index (κ1) is 32.7. The van der Waals surface area contributed by atoms with Crippen molar-refractivity contribution in [3.63, 3.8) is 0 Å². The van der Waals surface area contributed by atoms with E-state index in [1.54, 1.807) is 13.2 Å². The average molecular weight is 613 g/mol. The molecular formula is C25H38ClFN2O10S. The molecule has 1 aromatic heterocycles. The van der Waals surface area contributed by atoms with Crippen molar-refractivity contribution >= 4 is 35.4 Å². The van der Waals surface area contributed by atoms with E-state index < -0.39 is 71.8 Å². The lowest BCUT2D eigenvalue weighted by Gasteiger charge is -2.44. The summed E-state index contributed by atoms with van der Waals surface area (Å²) in [6.45, 7) is 2.38. The zero-order valence-electron chi connectivity index (χ0n) is 22.7. The van der Waals surface area contributed by atoms with Gasteiger partial charge in [-0.15, -0.1) is 23.4 Å². The number of nitrogens with zero attached hydrogens (tertiary/aromatic N) is 1. The van der Waals surface area contributed by atoms with Crippen LogP contribution in [-0.2, 0) is 20.9 Å². The molecule has 3 heterocycles. The van der Waals surface area contributed by atoms with Gasteiger partial charge in [-0.25, -0.2) is 9.59 Å². The fraction of sp³-hybridized carbons (Fsp3) is 0.800. The van der Waals surface area contributed by atoms with E-state index in [4.69, 9.17) is 29.9 Å². The molecule has 2 aliphatic rings. The van der Waals surface area contributed by atoms with Crippen LogP contribution in [0.25, 0.3) is 0 Å². The molecule has 12 nitrogen and oxygen atoms in total. The van der Waals surface area contributed by atoms with E-state index in [1.807, 2.05) is 0 Å².